The molecule has 0 saturated carbocycles. The molecule has 0 unspecified atom stereocenters. The first-order chi connectivity index (χ1) is 9.35. The van der Waals surface area contributed by atoms with Crippen molar-refractivity contribution in [2.45, 2.75) is 18.7 Å². The molecule has 108 valence electrons. The van der Waals surface area contributed by atoms with Crippen molar-refractivity contribution in [3.63, 3.8) is 0 Å². The molecule has 1 N–H and O–H groups in total. The molecule has 0 spiro atoms. The standard InChI is InChI=1S/C12H13BrN2O4S/c1-7-8(2)14-19-12(7)15-20(16,17)11-5-4-9(13)6-10(11)18-3/h4-6,15H,1-3H3. The predicted octanol–water partition coefficient (Wildman–Crippen LogP) is 2.86. The highest BCUT2D eigenvalue weighted by Gasteiger charge is 2.23. The topological polar surface area (TPSA) is 81.4 Å². The summed E-state index contributed by atoms with van der Waals surface area (Å²) < 4.78 is 37.9. The number of anilines is 1. The summed E-state index contributed by atoms with van der Waals surface area (Å²) in [6.07, 6.45) is 0. The number of nitrogens with zero attached hydrogens (tertiary/aromatic N) is 1. The highest BCUT2D eigenvalue weighted by atomic mass is 79.9. The molecule has 1 aromatic heterocycles. The van der Waals surface area contributed by atoms with Gasteiger partial charge in [0.2, 0.25) is 5.88 Å². The summed E-state index contributed by atoms with van der Waals surface area (Å²) in [5, 5.41) is 3.71. The van der Waals surface area contributed by atoms with Gasteiger partial charge in [0, 0.05) is 10.0 Å². The quantitative estimate of drug-likeness (QED) is 0.906. The molecule has 2 aromatic rings. The van der Waals surface area contributed by atoms with E-state index in [0.29, 0.717) is 11.3 Å². The van der Waals surface area contributed by atoms with Crippen LogP contribution in [0.15, 0.2) is 32.1 Å². The number of hydrogen-bond acceptors (Lipinski definition) is 5. The van der Waals surface area contributed by atoms with E-state index in [1.807, 2.05) is 0 Å². The average molecular weight is 361 g/mol. The Labute approximate surface area is 125 Å². The van der Waals surface area contributed by atoms with Crippen molar-refractivity contribution in [3.05, 3.63) is 33.9 Å². The number of sulfonamides is 1. The molecular formula is C12H13BrN2O4S. The minimum atomic E-state index is -3.81. The molecule has 1 aromatic carbocycles. The number of halogens is 1. The summed E-state index contributed by atoms with van der Waals surface area (Å²) in [4.78, 5) is 0.0247. The van der Waals surface area contributed by atoms with Gasteiger partial charge in [0.1, 0.15) is 10.6 Å². The maximum Gasteiger partial charge on any atom is 0.267 e. The number of hydrogen-bond donors (Lipinski definition) is 1. The third-order valence-electron chi connectivity index (χ3n) is 2.80. The van der Waals surface area contributed by atoms with Gasteiger partial charge in [-0.25, -0.2) is 13.1 Å². The number of methoxy groups -OCH3 is 1. The third kappa shape index (κ3) is 2.80. The first-order valence-corrected chi connectivity index (χ1v) is 7.92. The van der Waals surface area contributed by atoms with Gasteiger partial charge in [0.25, 0.3) is 10.0 Å². The zero-order valence-corrected chi connectivity index (χ0v) is 13.5. The Morgan fingerprint density at radius 2 is 2.05 bits per heavy atom. The third-order valence-corrected chi connectivity index (χ3v) is 4.66. The highest BCUT2D eigenvalue weighted by Crippen LogP contribution is 2.29. The van der Waals surface area contributed by atoms with E-state index in [0.717, 1.165) is 4.47 Å². The summed E-state index contributed by atoms with van der Waals surface area (Å²) in [7, 11) is -2.40. The van der Waals surface area contributed by atoms with Crippen molar-refractivity contribution in [1.29, 1.82) is 0 Å². The van der Waals surface area contributed by atoms with Crippen LogP contribution in [0.5, 0.6) is 5.75 Å². The van der Waals surface area contributed by atoms with E-state index in [4.69, 9.17) is 9.26 Å². The van der Waals surface area contributed by atoms with E-state index >= 15 is 0 Å². The number of ether oxygens (including phenoxy) is 1. The van der Waals surface area contributed by atoms with Crippen molar-refractivity contribution in [2.24, 2.45) is 0 Å². The molecule has 0 radical (unpaired) electrons. The molecule has 2 rings (SSSR count). The van der Waals surface area contributed by atoms with Gasteiger partial charge in [-0.15, -0.1) is 0 Å². The number of nitrogens with one attached hydrogen (secondary N) is 1. The minimum absolute atomic E-state index is 0.0247. The van der Waals surface area contributed by atoms with Crippen molar-refractivity contribution < 1.29 is 17.7 Å². The maximum absolute atomic E-state index is 12.4. The number of benzene rings is 1. The van der Waals surface area contributed by atoms with Gasteiger partial charge in [-0.2, -0.15) is 0 Å². The summed E-state index contributed by atoms with van der Waals surface area (Å²) in [6, 6.07) is 4.65. The minimum Gasteiger partial charge on any atom is -0.495 e. The molecule has 0 amide bonds. The molecule has 1 heterocycles. The summed E-state index contributed by atoms with van der Waals surface area (Å²) in [5.41, 5.74) is 1.27. The lowest BCUT2D eigenvalue weighted by Crippen LogP contribution is -2.14. The fraction of sp³-hybridized carbons (Fsp3) is 0.250. The maximum atomic E-state index is 12.4. The lowest BCUT2D eigenvalue weighted by atomic mass is 10.3. The predicted molar refractivity (Wildman–Crippen MR) is 77.5 cm³/mol. The largest absolute Gasteiger partial charge is 0.495 e. The zero-order valence-electron chi connectivity index (χ0n) is 11.1. The second-order valence-corrected chi connectivity index (χ2v) is 6.69. The van der Waals surface area contributed by atoms with Gasteiger partial charge in [-0.05, 0) is 32.0 Å². The number of aromatic nitrogens is 1. The van der Waals surface area contributed by atoms with Crippen molar-refractivity contribution in [3.8, 4) is 5.75 Å². The molecule has 20 heavy (non-hydrogen) atoms. The highest BCUT2D eigenvalue weighted by molar-refractivity contribution is 9.10. The van der Waals surface area contributed by atoms with Gasteiger partial charge >= 0.3 is 0 Å². The van der Waals surface area contributed by atoms with Crippen LogP contribution in [-0.2, 0) is 10.0 Å². The van der Waals surface area contributed by atoms with Crippen LogP contribution in [-0.4, -0.2) is 20.7 Å². The molecule has 0 aliphatic rings. The Kier molecular flexibility index (Phi) is 4.05. The lowest BCUT2D eigenvalue weighted by molar-refractivity contribution is 0.402. The van der Waals surface area contributed by atoms with Crippen molar-refractivity contribution >= 4 is 31.8 Å². The number of rotatable bonds is 4. The Morgan fingerprint density at radius 3 is 2.60 bits per heavy atom. The number of aryl methyl sites for hydroxylation is 1. The lowest BCUT2D eigenvalue weighted by Gasteiger charge is -2.10. The Morgan fingerprint density at radius 1 is 1.35 bits per heavy atom. The first kappa shape index (κ1) is 14.9. The van der Waals surface area contributed by atoms with E-state index in [2.05, 4.69) is 25.8 Å². The van der Waals surface area contributed by atoms with E-state index in [9.17, 15) is 8.42 Å². The van der Waals surface area contributed by atoms with Crippen LogP contribution in [0.25, 0.3) is 0 Å². The van der Waals surface area contributed by atoms with Gasteiger partial charge in [0.15, 0.2) is 0 Å². The summed E-state index contributed by atoms with van der Waals surface area (Å²) in [6.45, 7) is 3.46. The summed E-state index contributed by atoms with van der Waals surface area (Å²) >= 11 is 3.26. The van der Waals surface area contributed by atoms with Crippen LogP contribution in [0.3, 0.4) is 0 Å². The van der Waals surface area contributed by atoms with Crippen LogP contribution in [0, 0.1) is 13.8 Å². The SMILES string of the molecule is COc1cc(Br)ccc1S(=O)(=O)Nc1onc(C)c1C. The molecule has 6 nitrogen and oxygen atoms in total. The van der Waals surface area contributed by atoms with Gasteiger partial charge < -0.3 is 9.26 Å². The molecule has 0 atom stereocenters. The monoisotopic (exact) mass is 360 g/mol. The zero-order chi connectivity index (χ0) is 14.9. The Hall–Kier alpha value is -1.54. The van der Waals surface area contributed by atoms with Crippen molar-refractivity contribution in [1.82, 2.24) is 5.16 Å². The second-order valence-electron chi connectivity index (χ2n) is 4.12. The fourth-order valence-corrected chi connectivity index (χ4v) is 3.09. The van der Waals surface area contributed by atoms with E-state index < -0.39 is 10.0 Å². The van der Waals surface area contributed by atoms with Crippen LogP contribution < -0.4 is 9.46 Å². The van der Waals surface area contributed by atoms with Gasteiger partial charge in [0.05, 0.1) is 12.8 Å². The van der Waals surface area contributed by atoms with Crippen LogP contribution in [0.2, 0.25) is 0 Å². The molecule has 0 aliphatic heterocycles. The van der Waals surface area contributed by atoms with Gasteiger partial charge in [-0.1, -0.05) is 21.1 Å². The molecule has 0 saturated heterocycles. The van der Waals surface area contributed by atoms with Gasteiger partial charge in [-0.3, -0.25) is 0 Å². The van der Waals surface area contributed by atoms with Crippen LogP contribution >= 0.6 is 15.9 Å². The molecule has 0 bridgehead atoms. The molecule has 0 fully saturated rings. The van der Waals surface area contributed by atoms with Crippen LogP contribution in [0.4, 0.5) is 5.88 Å². The molecule has 0 aliphatic carbocycles. The fourth-order valence-electron chi connectivity index (χ4n) is 1.55. The normalized spacial score (nSPS) is 11.4. The van der Waals surface area contributed by atoms with E-state index in [-0.39, 0.29) is 16.5 Å². The Balaban J connectivity index is 2.43. The van der Waals surface area contributed by atoms with E-state index in [1.54, 1.807) is 26.0 Å². The molecule has 8 heteroatoms. The summed E-state index contributed by atoms with van der Waals surface area (Å²) in [5.74, 6) is 0.341. The van der Waals surface area contributed by atoms with Crippen LogP contribution in [0.1, 0.15) is 11.3 Å². The average Bonchev–Trinajstić information content (AvgIpc) is 2.69. The Bertz CT molecular complexity index is 740. The second kappa shape index (κ2) is 5.45. The van der Waals surface area contributed by atoms with E-state index in [1.165, 1.54) is 13.2 Å². The smallest absolute Gasteiger partial charge is 0.267 e. The molecular weight excluding hydrogens is 348 g/mol. The first-order valence-electron chi connectivity index (χ1n) is 5.64. The van der Waals surface area contributed by atoms with Crippen molar-refractivity contribution in [2.75, 3.05) is 11.8 Å².